The highest BCUT2D eigenvalue weighted by Gasteiger charge is 2.43. The average molecular weight is 522 g/mol. The first-order valence-corrected chi connectivity index (χ1v) is 12.6. The Balaban J connectivity index is 1.91. The first-order valence-electron chi connectivity index (χ1n) is 12.6. The van der Waals surface area contributed by atoms with Gasteiger partial charge in [-0.15, -0.1) is 0 Å². The lowest BCUT2D eigenvalue weighted by molar-refractivity contribution is -0.143. The van der Waals surface area contributed by atoms with Crippen LogP contribution in [0.1, 0.15) is 56.6 Å². The van der Waals surface area contributed by atoms with Crippen molar-refractivity contribution in [3.05, 3.63) is 70.1 Å². The number of para-hydroxylation sites is 1. The number of allylic oxidation sites excluding steroid dienone is 3. The Morgan fingerprint density at radius 2 is 1.55 bits per heavy atom. The number of benzene rings is 2. The van der Waals surface area contributed by atoms with Crippen molar-refractivity contribution in [3.8, 4) is 23.0 Å². The highest BCUT2D eigenvalue weighted by molar-refractivity contribution is 6.04. The van der Waals surface area contributed by atoms with Crippen LogP contribution in [0.5, 0.6) is 23.0 Å². The van der Waals surface area contributed by atoms with Gasteiger partial charge >= 0.3 is 5.97 Å². The molecule has 4 rings (SSSR count). The summed E-state index contributed by atoms with van der Waals surface area (Å²) in [7, 11) is 6.22. The summed E-state index contributed by atoms with van der Waals surface area (Å²) in [4.78, 5) is 27.4. The summed E-state index contributed by atoms with van der Waals surface area (Å²) in [6, 6.07) is 11.3. The number of methoxy groups -OCH3 is 4. The van der Waals surface area contributed by atoms with Gasteiger partial charge in [0, 0.05) is 34.9 Å². The fourth-order valence-corrected chi connectivity index (χ4v) is 5.47. The van der Waals surface area contributed by atoms with Crippen LogP contribution in [0.2, 0.25) is 0 Å². The van der Waals surface area contributed by atoms with E-state index in [1.54, 1.807) is 34.1 Å². The van der Waals surface area contributed by atoms with Crippen LogP contribution in [0.15, 0.2) is 58.9 Å². The molecule has 0 amide bonds. The molecule has 1 aliphatic heterocycles. The van der Waals surface area contributed by atoms with E-state index in [-0.39, 0.29) is 24.2 Å². The SMILES string of the molecule is COc1ccccc1[C@@H]1CC(=O)C2=C(C1)NC(C)=C(C(=O)OC(C)C)[C@H]2c1ccc(OC)c(OC)c1OC. The van der Waals surface area contributed by atoms with E-state index in [0.29, 0.717) is 46.1 Å². The molecule has 2 aromatic carbocycles. The van der Waals surface area contributed by atoms with Gasteiger partial charge in [0.2, 0.25) is 5.75 Å². The third-order valence-electron chi connectivity index (χ3n) is 7.01. The van der Waals surface area contributed by atoms with Gasteiger partial charge in [0.1, 0.15) is 5.75 Å². The molecule has 1 heterocycles. The molecule has 2 aromatic rings. The second-order valence-electron chi connectivity index (χ2n) is 9.64. The van der Waals surface area contributed by atoms with E-state index in [4.69, 9.17) is 23.7 Å². The predicted octanol–water partition coefficient (Wildman–Crippen LogP) is 5.03. The standard InChI is InChI=1S/C30H35NO7/c1-16(2)38-30(33)25-17(3)31-21-14-18(19-10-8-9-11-23(19)34-4)15-22(32)27(21)26(25)20-12-13-24(35-5)29(37-7)28(20)36-6/h8-13,16,18,26,31H,14-15H2,1-7H3/t18-,26+/m0/s1. The highest BCUT2D eigenvalue weighted by Crippen LogP contribution is 2.51. The van der Waals surface area contributed by atoms with Gasteiger partial charge in [0.25, 0.3) is 0 Å². The lowest BCUT2D eigenvalue weighted by Crippen LogP contribution is -2.36. The molecule has 2 aliphatic rings. The van der Waals surface area contributed by atoms with Crippen molar-refractivity contribution in [3.63, 3.8) is 0 Å². The normalized spacial score (nSPS) is 19.1. The van der Waals surface area contributed by atoms with Crippen molar-refractivity contribution in [2.24, 2.45) is 0 Å². The maximum atomic E-state index is 14.0. The summed E-state index contributed by atoms with van der Waals surface area (Å²) in [6.07, 6.45) is 0.527. The van der Waals surface area contributed by atoms with Crippen LogP contribution < -0.4 is 24.3 Å². The number of dihydropyridines is 1. The summed E-state index contributed by atoms with van der Waals surface area (Å²) < 4.78 is 28.1. The largest absolute Gasteiger partial charge is 0.496 e. The fraction of sp³-hybridized carbons (Fsp3) is 0.400. The molecule has 8 heteroatoms. The van der Waals surface area contributed by atoms with Crippen LogP contribution in [-0.4, -0.2) is 46.3 Å². The Labute approximate surface area is 223 Å². The molecule has 0 spiro atoms. The second-order valence-corrected chi connectivity index (χ2v) is 9.64. The Kier molecular flexibility index (Phi) is 7.99. The maximum absolute atomic E-state index is 14.0. The number of hydrogen-bond donors (Lipinski definition) is 1. The predicted molar refractivity (Wildman–Crippen MR) is 143 cm³/mol. The number of ketones is 1. The lowest BCUT2D eigenvalue weighted by Gasteiger charge is -2.37. The zero-order chi connectivity index (χ0) is 27.6. The molecule has 0 fully saturated rings. The van der Waals surface area contributed by atoms with Gasteiger partial charge in [-0.2, -0.15) is 0 Å². The van der Waals surface area contributed by atoms with Gasteiger partial charge in [-0.1, -0.05) is 24.3 Å². The van der Waals surface area contributed by atoms with Crippen LogP contribution >= 0.6 is 0 Å². The number of esters is 1. The molecule has 0 radical (unpaired) electrons. The van der Waals surface area contributed by atoms with Crippen molar-refractivity contribution in [2.45, 2.75) is 51.6 Å². The third-order valence-corrected chi connectivity index (χ3v) is 7.01. The number of carbonyl (C=O) groups excluding carboxylic acids is 2. The van der Waals surface area contributed by atoms with Crippen molar-refractivity contribution in [1.29, 1.82) is 0 Å². The Hall–Kier alpha value is -3.94. The topological polar surface area (TPSA) is 92.3 Å². The molecule has 0 saturated heterocycles. The molecule has 202 valence electrons. The number of carbonyl (C=O) groups is 2. The summed E-state index contributed by atoms with van der Waals surface area (Å²) in [6.45, 7) is 5.42. The highest BCUT2D eigenvalue weighted by atomic mass is 16.5. The molecular formula is C30H35NO7. The second kappa shape index (κ2) is 11.2. The third kappa shape index (κ3) is 4.83. The summed E-state index contributed by atoms with van der Waals surface area (Å²) >= 11 is 0. The molecule has 0 saturated carbocycles. The van der Waals surface area contributed by atoms with Gasteiger partial charge in [-0.25, -0.2) is 4.79 Å². The maximum Gasteiger partial charge on any atom is 0.337 e. The monoisotopic (exact) mass is 521 g/mol. The lowest BCUT2D eigenvalue weighted by atomic mass is 9.71. The zero-order valence-electron chi connectivity index (χ0n) is 23.0. The van der Waals surface area contributed by atoms with E-state index in [1.807, 2.05) is 37.3 Å². The zero-order valence-corrected chi connectivity index (χ0v) is 23.0. The molecular weight excluding hydrogens is 486 g/mol. The Bertz CT molecular complexity index is 1310. The first kappa shape index (κ1) is 27.1. The number of nitrogens with one attached hydrogen (secondary N) is 1. The summed E-state index contributed by atoms with van der Waals surface area (Å²) in [5.74, 6) is 0.682. The first-order chi connectivity index (χ1) is 18.2. The van der Waals surface area contributed by atoms with Crippen molar-refractivity contribution < 1.29 is 33.3 Å². The van der Waals surface area contributed by atoms with Crippen LogP contribution in [-0.2, 0) is 14.3 Å². The number of rotatable bonds is 8. The van der Waals surface area contributed by atoms with Crippen LogP contribution in [0, 0.1) is 0 Å². The molecule has 0 aromatic heterocycles. The molecule has 2 atom stereocenters. The smallest absolute Gasteiger partial charge is 0.337 e. The molecule has 1 N–H and O–H groups in total. The number of ether oxygens (including phenoxy) is 5. The summed E-state index contributed by atoms with van der Waals surface area (Å²) in [5.41, 5.74) is 3.90. The summed E-state index contributed by atoms with van der Waals surface area (Å²) in [5, 5.41) is 3.38. The Morgan fingerprint density at radius 1 is 0.868 bits per heavy atom. The fourth-order valence-electron chi connectivity index (χ4n) is 5.47. The van der Waals surface area contributed by atoms with Gasteiger partial charge < -0.3 is 29.0 Å². The van der Waals surface area contributed by atoms with E-state index in [0.717, 1.165) is 17.0 Å². The quantitative estimate of drug-likeness (QED) is 0.484. The average Bonchev–Trinajstić information content (AvgIpc) is 2.90. The molecule has 8 nitrogen and oxygen atoms in total. The van der Waals surface area contributed by atoms with E-state index in [2.05, 4.69) is 5.32 Å². The van der Waals surface area contributed by atoms with Crippen molar-refractivity contribution in [2.75, 3.05) is 28.4 Å². The Morgan fingerprint density at radius 3 is 2.18 bits per heavy atom. The van der Waals surface area contributed by atoms with Gasteiger partial charge in [0.05, 0.1) is 46.0 Å². The number of hydrogen-bond acceptors (Lipinski definition) is 8. The minimum absolute atomic E-state index is 0.0566. The minimum Gasteiger partial charge on any atom is -0.496 e. The van der Waals surface area contributed by atoms with Crippen LogP contribution in [0.4, 0.5) is 0 Å². The van der Waals surface area contributed by atoms with E-state index < -0.39 is 11.9 Å². The van der Waals surface area contributed by atoms with Gasteiger partial charge in [-0.05, 0) is 44.9 Å². The van der Waals surface area contributed by atoms with Gasteiger partial charge in [-0.3, -0.25) is 4.79 Å². The van der Waals surface area contributed by atoms with Crippen molar-refractivity contribution >= 4 is 11.8 Å². The van der Waals surface area contributed by atoms with Crippen LogP contribution in [0.3, 0.4) is 0 Å². The van der Waals surface area contributed by atoms with Gasteiger partial charge in [0.15, 0.2) is 17.3 Å². The minimum atomic E-state index is -0.710. The van der Waals surface area contributed by atoms with E-state index in [1.165, 1.54) is 14.2 Å². The van der Waals surface area contributed by atoms with E-state index in [9.17, 15) is 9.59 Å². The molecule has 38 heavy (non-hydrogen) atoms. The molecule has 1 aliphatic carbocycles. The molecule has 0 bridgehead atoms. The van der Waals surface area contributed by atoms with Crippen LogP contribution in [0.25, 0.3) is 0 Å². The van der Waals surface area contributed by atoms with E-state index >= 15 is 0 Å². The van der Waals surface area contributed by atoms with Crippen molar-refractivity contribution in [1.82, 2.24) is 5.32 Å². The number of Topliss-reactive ketones (excluding diaryl/α,β-unsaturated/α-hetero) is 1. The molecule has 0 unspecified atom stereocenters.